The number of sulfone groups is 1. The summed E-state index contributed by atoms with van der Waals surface area (Å²) in [6.07, 6.45) is 4.85. The van der Waals surface area contributed by atoms with Crippen LogP contribution < -0.4 is 5.32 Å². The zero-order valence-corrected chi connectivity index (χ0v) is 18.8. The van der Waals surface area contributed by atoms with Crippen LogP contribution in [-0.4, -0.2) is 47.5 Å². The van der Waals surface area contributed by atoms with E-state index in [4.69, 9.17) is 9.94 Å². The van der Waals surface area contributed by atoms with Gasteiger partial charge in [-0.25, -0.2) is 13.4 Å². The second-order valence-electron chi connectivity index (χ2n) is 7.89. The maximum atomic E-state index is 13.0. The molecule has 1 aromatic carbocycles. The number of hydrogen-bond donors (Lipinski definition) is 2. The second-order valence-corrected chi connectivity index (χ2v) is 11.0. The Morgan fingerprint density at radius 2 is 1.84 bits per heavy atom. The minimum absolute atomic E-state index is 0.00209. The summed E-state index contributed by atoms with van der Waals surface area (Å²) in [5.74, 6) is -1.58. The molecule has 1 amide bonds. The first-order valence-electron chi connectivity index (χ1n) is 10.4. The molecule has 0 aliphatic heterocycles. The molecule has 2 aliphatic rings. The molecule has 0 atom stereocenters. The third-order valence-corrected chi connectivity index (χ3v) is 8.42. The number of oxime groups is 1. The zero-order valence-electron chi connectivity index (χ0n) is 17.2. The van der Waals surface area contributed by atoms with E-state index < -0.39 is 21.7 Å². The van der Waals surface area contributed by atoms with E-state index in [1.165, 1.54) is 12.1 Å². The summed E-state index contributed by atoms with van der Waals surface area (Å²) in [5.41, 5.74) is 0.757. The highest BCUT2D eigenvalue weighted by atomic mass is 32.2. The maximum Gasteiger partial charge on any atom is 0.309 e. The molecule has 9 nitrogen and oxygen atoms in total. The topological polar surface area (TPSA) is 135 Å². The van der Waals surface area contributed by atoms with Crippen molar-refractivity contribution in [2.45, 2.75) is 61.2 Å². The molecular weight excluding hydrogens is 454 g/mol. The first-order chi connectivity index (χ1) is 15.3. The second kappa shape index (κ2) is 9.37. The number of carboxylic acid groups (broad SMARTS) is 1. The molecule has 2 N–H and O–H groups in total. The minimum atomic E-state index is -3.34. The number of anilines is 1. The van der Waals surface area contributed by atoms with Crippen molar-refractivity contribution in [2.75, 3.05) is 5.32 Å². The van der Waals surface area contributed by atoms with Crippen LogP contribution in [0.4, 0.5) is 5.13 Å². The normalized spacial score (nSPS) is 17.3. The van der Waals surface area contributed by atoms with Crippen molar-refractivity contribution in [3.8, 4) is 0 Å². The molecule has 0 bridgehead atoms. The summed E-state index contributed by atoms with van der Waals surface area (Å²) < 4.78 is 24.9. The third-order valence-electron chi connectivity index (χ3n) is 5.33. The molecule has 2 aromatic rings. The van der Waals surface area contributed by atoms with Crippen LogP contribution in [0.3, 0.4) is 0 Å². The molecular formula is C21H23N3O6S2. The van der Waals surface area contributed by atoms with Gasteiger partial charge in [0.25, 0.3) is 5.91 Å². The van der Waals surface area contributed by atoms with Gasteiger partial charge in [0.1, 0.15) is 6.10 Å². The van der Waals surface area contributed by atoms with E-state index in [9.17, 15) is 18.0 Å². The molecule has 0 saturated heterocycles. The Morgan fingerprint density at radius 1 is 1.16 bits per heavy atom. The van der Waals surface area contributed by atoms with Crippen LogP contribution in [0.5, 0.6) is 0 Å². The first-order valence-corrected chi connectivity index (χ1v) is 12.8. The number of carboxylic acids is 1. The fourth-order valence-electron chi connectivity index (χ4n) is 3.48. The molecule has 2 aliphatic carbocycles. The number of hydrogen-bond acceptors (Lipinski definition) is 8. The average molecular weight is 478 g/mol. The average Bonchev–Trinajstić information content (AvgIpc) is 3.34. The van der Waals surface area contributed by atoms with E-state index in [-0.39, 0.29) is 33.5 Å². The van der Waals surface area contributed by atoms with Crippen LogP contribution in [0.25, 0.3) is 0 Å². The summed E-state index contributed by atoms with van der Waals surface area (Å²) in [5, 5.41) is 17.1. The zero-order chi connectivity index (χ0) is 22.7. The lowest BCUT2D eigenvalue weighted by molar-refractivity contribution is -0.136. The predicted octanol–water partition coefficient (Wildman–Crippen LogP) is 3.01. The molecule has 11 heteroatoms. The number of thiazole rings is 1. The maximum absolute atomic E-state index is 13.0. The van der Waals surface area contributed by atoms with E-state index in [2.05, 4.69) is 15.5 Å². The van der Waals surface area contributed by atoms with E-state index in [1.807, 2.05) is 0 Å². The first kappa shape index (κ1) is 22.4. The lowest BCUT2D eigenvalue weighted by Crippen LogP contribution is -2.25. The van der Waals surface area contributed by atoms with Crippen molar-refractivity contribution in [1.82, 2.24) is 4.98 Å². The molecule has 32 heavy (non-hydrogen) atoms. The molecule has 170 valence electrons. The number of aromatic nitrogens is 1. The molecule has 0 spiro atoms. The van der Waals surface area contributed by atoms with Crippen LogP contribution in [-0.2, 0) is 30.7 Å². The number of carbonyl (C=O) groups is 2. The van der Waals surface area contributed by atoms with Gasteiger partial charge in [-0.2, -0.15) is 0 Å². The lowest BCUT2D eigenvalue weighted by Gasteiger charge is -2.11. The highest BCUT2D eigenvalue weighted by Crippen LogP contribution is 2.33. The molecule has 1 heterocycles. The van der Waals surface area contributed by atoms with Gasteiger partial charge in [-0.05, 0) is 50.7 Å². The van der Waals surface area contributed by atoms with Gasteiger partial charge in [0.2, 0.25) is 0 Å². The Hall–Kier alpha value is -2.79. The molecule has 2 fully saturated rings. The largest absolute Gasteiger partial charge is 0.481 e. The number of amides is 1. The molecule has 2 saturated carbocycles. The Labute approximate surface area is 189 Å². The van der Waals surface area contributed by atoms with Crippen molar-refractivity contribution >= 4 is 43.9 Å². The molecule has 1 aromatic heterocycles. The van der Waals surface area contributed by atoms with Crippen LogP contribution >= 0.6 is 11.3 Å². The monoisotopic (exact) mass is 477 g/mol. The SMILES string of the molecule is O=C(O)Cc1csc(NC(=O)C(=NOC2CCCC2)c2ccc(S(=O)(=O)C3CC3)cc2)n1. The van der Waals surface area contributed by atoms with Crippen molar-refractivity contribution in [2.24, 2.45) is 5.16 Å². The molecule has 4 rings (SSSR count). The highest BCUT2D eigenvalue weighted by Gasteiger charge is 2.36. The number of nitrogens with one attached hydrogen (secondary N) is 1. The number of benzene rings is 1. The van der Waals surface area contributed by atoms with Crippen molar-refractivity contribution in [3.63, 3.8) is 0 Å². The highest BCUT2D eigenvalue weighted by molar-refractivity contribution is 7.92. The van der Waals surface area contributed by atoms with Crippen LogP contribution in [0.2, 0.25) is 0 Å². The van der Waals surface area contributed by atoms with Gasteiger partial charge in [-0.1, -0.05) is 17.3 Å². The van der Waals surface area contributed by atoms with Gasteiger partial charge in [-0.15, -0.1) is 11.3 Å². The predicted molar refractivity (Wildman–Crippen MR) is 119 cm³/mol. The van der Waals surface area contributed by atoms with Gasteiger partial charge >= 0.3 is 5.97 Å². The molecule has 0 unspecified atom stereocenters. The summed E-state index contributed by atoms with van der Waals surface area (Å²) in [6, 6.07) is 6.05. The van der Waals surface area contributed by atoms with E-state index >= 15 is 0 Å². The van der Waals surface area contributed by atoms with E-state index in [0.717, 1.165) is 37.0 Å². The van der Waals surface area contributed by atoms with Gasteiger partial charge in [0, 0.05) is 10.9 Å². The van der Waals surface area contributed by atoms with E-state index in [1.54, 1.807) is 17.5 Å². The van der Waals surface area contributed by atoms with Gasteiger partial charge in [0.15, 0.2) is 20.7 Å². The lowest BCUT2D eigenvalue weighted by atomic mass is 10.1. The Bertz CT molecular complexity index is 1130. The summed E-state index contributed by atoms with van der Waals surface area (Å²) >= 11 is 1.11. The summed E-state index contributed by atoms with van der Waals surface area (Å²) in [4.78, 5) is 33.7. The van der Waals surface area contributed by atoms with Crippen molar-refractivity contribution in [3.05, 3.63) is 40.9 Å². The minimum Gasteiger partial charge on any atom is -0.481 e. The Morgan fingerprint density at radius 3 is 2.47 bits per heavy atom. The standard InChI is InChI=1S/C21H23N3O6S2/c25-18(26)11-14-12-31-21(22-14)23-20(27)19(24-30-15-3-1-2-4-15)13-5-7-16(8-6-13)32(28,29)17-9-10-17/h5-8,12,15,17H,1-4,9-11H2,(H,25,26)(H,22,23,27). The number of carbonyl (C=O) groups excluding carboxylic acids is 1. The van der Waals surface area contributed by atoms with Crippen LogP contribution in [0.15, 0.2) is 39.7 Å². The van der Waals surface area contributed by atoms with Gasteiger partial charge in [0.05, 0.1) is 22.3 Å². The Kier molecular flexibility index (Phi) is 6.56. The quantitative estimate of drug-likeness (QED) is 0.419. The summed E-state index contributed by atoms with van der Waals surface area (Å²) in [6.45, 7) is 0. The fraction of sp³-hybridized carbons (Fsp3) is 0.429. The van der Waals surface area contributed by atoms with Crippen LogP contribution in [0.1, 0.15) is 49.8 Å². The third kappa shape index (κ3) is 5.33. The number of rotatable bonds is 9. The number of nitrogens with zero attached hydrogens (tertiary/aromatic N) is 2. The Balaban J connectivity index is 1.55. The van der Waals surface area contributed by atoms with Crippen molar-refractivity contribution < 1.29 is 28.0 Å². The van der Waals surface area contributed by atoms with Crippen LogP contribution in [0, 0.1) is 0 Å². The fourth-order valence-corrected chi connectivity index (χ4v) is 5.84. The van der Waals surface area contributed by atoms with Crippen molar-refractivity contribution in [1.29, 1.82) is 0 Å². The summed E-state index contributed by atoms with van der Waals surface area (Å²) in [7, 11) is -3.34. The number of aliphatic carboxylic acids is 1. The smallest absolute Gasteiger partial charge is 0.309 e. The molecule has 0 radical (unpaired) electrons. The van der Waals surface area contributed by atoms with E-state index in [0.29, 0.717) is 24.1 Å². The van der Waals surface area contributed by atoms with Gasteiger partial charge < -0.3 is 9.94 Å². The van der Waals surface area contributed by atoms with Gasteiger partial charge in [-0.3, -0.25) is 14.9 Å².